The summed E-state index contributed by atoms with van der Waals surface area (Å²) >= 11 is 0.563. The van der Waals surface area contributed by atoms with Crippen LogP contribution >= 0.6 is 11.8 Å². The second-order valence-corrected chi connectivity index (χ2v) is 4.64. The maximum atomic E-state index is 12.1. The molecule has 16 heavy (non-hydrogen) atoms. The lowest BCUT2D eigenvalue weighted by Gasteiger charge is -2.05. The molecule has 0 saturated heterocycles. The van der Waals surface area contributed by atoms with Crippen LogP contribution in [0.5, 0.6) is 0 Å². The molecule has 1 heterocycles. The summed E-state index contributed by atoms with van der Waals surface area (Å²) in [6, 6.07) is 0.0388. The summed E-state index contributed by atoms with van der Waals surface area (Å²) in [5, 5.41) is 3.96. The van der Waals surface area contributed by atoms with Crippen LogP contribution < -0.4 is 5.69 Å². The second-order valence-electron chi connectivity index (χ2n) is 3.69. The van der Waals surface area contributed by atoms with Crippen LogP contribution in [0.1, 0.15) is 18.9 Å². The van der Waals surface area contributed by atoms with Crippen LogP contribution in [-0.4, -0.2) is 26.3 Å². The third kappa shape index (κ3) is 2.42. The van der Waals surface area contributed by atoms with Crippen molar-refractivity contribution in [1.82, 2.24) is 14.3 Å². The summed E-state index contributed by atoms with van der Waals surface area (Å²) in [7, 11) is 1.44. The minimum absolute atomic E-state index is 0.0388. The van der Waals surface area contributed by atoms with Gasteiger partial charge in [0.25, 0.3) is 0 Å². The van der Waals surface area contributed by atoms with Crippen molar-refractivity contribution >= 4 is 11.8 Å². The second kappa shape index (κ2) is 3.83. The van der Waals surface area contributed by atoms with Gasteiger partial charge in [-0.3, -0.25) is 4.57 Å². The molecule has 0 bridgehead atoms. The summed E-state index contributed by atoms with van der Waals surface area (Å²) in [6.45, 7) is 0. The average Bonchev–Trinajstić information content (AvgIpc) is 2.92. The lowest BCUT2D eigenvalue weighted by atomic mass is 10.7. The lowest BCUT2D eigenvalue weighted by Crippen LogP contribution is -2.22. The molecule has 2 rings (SSSR count). The number of aryl methyl sites for hydroxylation is 1. The van der Waals surface area contributed by atoms with Crippen LogP contribution in [0, 0.1) is 0 Å². The van der Waals surface area contributed by atoms with Crippen molar-refractivity contribution < 1.29 is 13.2 Å². The molecule has 4 nitrogen and oxygen atoms in total. The summed E-state index contributed by atoms with van der Waals surface area (Å²) in [5.41, 5.74) is -0.341. The van der Waals surface area contributed by atoms with E-state index in [1.807, 2.05) is 0 Å². The minimum atomic E-state index is -4.24. The molecule has 1 saturated carbocycles. The molecular formula is C8H10F3N3OS. The molecule has 1 fully saturated rings. The molecule has 0 spiro atoms. The minimum Gasteiger partial charge on any atom is -0.267 e. The molecule has 0 unspecified atom stereocenters. The van der Waals surface area contributed by atoms with Gasteiger partial charge < -0.3 is 0 Å². The summed E-state index contributed by atoms with van der Waals surface area (Å²) in [4.78, 5) is 11.6. The van der Waals surface area contributed by atoms with Crippen LogP contribution in [0.15, 0.2) is 9.95 Å². The Morgan fingerprint density at radius 3 is 2.62 bits per heavy atom. The van der Waals surface area contributed by atoms with Gasteiger partial charge in [0, 0.05) is 13.1 Å². The van der Waals surface area contributed by atoms with Gasteiger partial charge in [-0.05, 0) is 12.8 Å². The zero-order chi connectivity index (χ0) is 11.9. The van der Waals surface area contributed by atoms with Crippen LogP contribution in [0.2, 0.25) is 0 Å². The number of alkyl halides is 3. The highest BCUT2D eigenvalue weighted by Gasteiger charge is 2.33. The molecule has 0 aromatic carbocycles. The Bertz CT molecular complexity index is 446. The van der Waals surface area contributed by atoms with E-state index in [-0.39, 0.29) is 16.9 Å². The largest absolute Gasteiger partial charge is 0.398 e. The van der Waals surface area contributed by atoms with E-state index in [1.165, 1.54) is 11.6 Å². The fourth-order valence-electron chi connectivity index (χ4n) is 1.35. The van der Waals surface area contributed by atoms with Crippen molar-refractivity contribution in [2.24, 2.45) is 7.05 Å². The van der Waals surface area contributed by atoms with Gasteiger partial charge in [0.1, 0.15) is 0 Å². The number of aromatic nitrogens is 3. The first-order valence-corrected chi connectivity index (χ1v) is 5.72. The monoisotopic (exact) mass is 253 g/mol. The van der Waals surface area contributed by atoms with Gasteiger partial charge in [-0.25, -0.2) is 9.48 Å². The molecule has 1 aromatic heterocycles. The molecule has 1 aromatic rings. The van der Waals surface area contributed by atoms with Gasteiger partial charge >= 0.3 is 11.9 Å². The predicted molar refractivity (Wildman–Crippen MR) is 52.5 cm³/mol. The maximum Gasteiger partial charge on any atom is 0.398 e. The zero-order valence-corrected chi connectivity index (χ0v) is 9.31. The Balaban J connectivity index is 2.20. The molecule has 0 aliphatic heterocycles. The fourth-order valence-corrected chi connectivity index (χ4v) is 2.19. The highest BCUT2D eigenvalue weighted by molar-refractivity contribution is 7.99. The third-order valence-electron chi connectivity index (χ3n) is 2.20. The number of nitrogens with zero attached hydrogens (tertiary/aromatic N) is 3. The Hall–Kier alpha value is -0.920. The first kappa shape index (κ1) is 11.6. The molecule has 1 aliphatic rings. The van der Waals surface area contributed by atoms with Gasteiger partial charge in [-0.15, -0.1) is 5.10 Å². The number of rotatable bonds is 3. The van der Waals surface area contributed by atoms with E-state index in [0.29, 0.717) is 11.8 Å². The van der Waals surface area contributed by atoms with Gasteiger partial charge in [-0.2, -0.15) is 13.2 Å². The van der Waals surface area contributed by atoms with Crippen LogP contribution in [-0.2, 0) is 7.05 Å². The van der Waals surface area contributed by atoms with Gasteiger partial charge in [0.05, 0.1) is 5.75 Å². The van der Waals surface area contributed by atoms with Gasteiger partial charge in [0.2, 0.25) is 0 Å². The highest BCUT2D eigenvalue weighted by Crippen LogP contribution is 2.37. The predicted octanol–water partition coefficient (Wildman–Crippen LogP) is 1.57. The van der Waals surface area contributed by atoms with Crippen molar-refractivity contribution in [2.75, 3.05) is 5.75 Å². The highest BCUT2D eigenvalue weighted by atomic mass is 32.2. The lowest BCUT2D eigenvalue weighted by molar-refractivity contribution is -0.105. The first-order chi connectivity index (χ1) is 7.38. The fraction of sp³-hybridized carbons (Fsp3) is 0.750. The van der Waals surface area contributed by atoms with E-state index in [9.17, 15) is 18.0 Å². The quantitative estimate of drug-likeness (QED) is 0.768. The van der Waals surface area contributed by atoms with Crippen molar-refractivity contribution in [3.05, 3.63) is 10.5 Å². The Morgan fingerprint density at radius 1 is 1.50 bits per heavy atom. The van der Waals surface area contributed by atoms with Crippen molar-refractivity contribution in [3.8, 4) is 0 Å². The van der Waals surface area contributed by atoms with E-state index in [1.54, 1.807) is 0 Å². The molecule has 90 valence electrons. The van der Waals surface area contributed by atoms with Gasteiger partial charge in [0.15, 0.2) is 5.16 Å². The maximum absolute atomic E-state index is 12.1. The van der Waals surface area contributed by atoms with Crippen molar-refractivity contribution in [2.45, 2.75) is 30.2 Å². The van der Waals surface area contributed by atoms with E-state index >= 15 is 0 Å². The normalized spacial score (nSPS) is 16.8. The van der Waals surface area contributed by atoms with Crippen molar-refractivity contribution in [3.63, 3.8) is 0 Å². The standard InChI is InChI=1S/C8H10F3N3OS/c1-13-7(15)14(5-2-3-5)6(12-13)16-4-8(9,10)11/h5H,2-4H2,1H3. The summed E-state index contributed by atoms with van der Waals surface area (Å²) in [6.07, 6.45) is -2.57. The SMILES string of the molecule is Cn1nc(SCC(F)(F)F)n(C2CC2)c1=O. The number of hydrogen-bond donors (Lipinski definition) is 0. The first-order valence-electron chi connectivity index (χ1n) is 4.73. The Morgan fingerprint density at radius 2 is 2.12 bits per heavy atom. The molecule has 1 aliphatic carbocycles. The number of hydrogen-bond acceptors (Lipinski definition) is 3. The van der Waals surface area contributed by atoms with Gasteiger partial charge in [-0.1, -0.05) is 11.8 Å². The van der Waals surface area contributed by atoms with E-state index in [4.69, 9.17) is 0 Å². The molecular weight excluding hydrogens is 243 g/mol. The molecule has 8 heteroatoms. The van der Waals surface area contributed by atoms with Crippen LogP contribution in [0.3, 0.4) is 0 Å². The third-order valence-corrected chi connectivity index (χ3v) is 3.21. The summed E-state index contributed by atoms with van der Waals surface area (Å²) < 4.78 is 38.6. The summed E-state index contributed by atoms with van der Waals surface area (Å²) in [5.74, 6) is -1.02. The Kier molecular flexibility index (Phi) is 2.77. The topological polar surface area (TPSA) is 39.8 Å². The molecule has 0 amide bonds. The van der Waals surface area contributed by atoms with Crippen LogP contribution in [0.4, 0.5) is 13.2 Å². The molecule has 0 N–H and O–H groups in total. The van der Waals surface area contributed by atoms with Crippen LogP contribution in [0.25, 0.3) is 0 Å². The smallest absolute Gasteiger partial charge is 0.267 e. The molecule has 0 radical (unpaired) electrons. The number of thioether (sulfide) groups is 1. The zero-order valence-electron chi connectivity index (χ0n) is 8.49. The van der Waals surface area contributed by atoms with E-state index < -0.39 is 11.9 Å². The van der Waals surface area contributed by atoms with E-state index in [0.717, 1.165) is 17.5 Å². The van der Waals surface area contributed by atoms with Crippen molar-refractivity contribution in [1.29, 1.82) is 0 Å². The average molecular weight is 253 g/mol. The van der Waals surface area contributed by atoms with E-state index in [2.05, 4.69) is 5.10 Å². The molecule has 0 atom stereocenters. The number of halogens is 3. The Labute approximate surface area is 93.4 Å².